The highest BCUT2D eigenvalue weighted by Crippen LogP contribution is 2.17. The molecule has 1 saturated heterocycles. The summed E-state index contributed by atoms with van der Waals surface area (Å²) in [4.78, 5) is 21.5. The molecule has 0 N–H and O–H groups in total. The molecular weight excluding hydrogens is 342 g/mol. The predicted octanol–water partition coefficient (Wildman–Crippen LogP) is 1.87. The number of rotatable bonds is 5. The number of hydrogen-bond donors (Lipinski definition) is 0. The molecule has 0 bridgehead atoms. The number of fused-ring (bicyclic) bond motifs is 1. The Balaban J connectivity index is 1.32. The minimum absolute atomic E-state index is 0.0152. The van der Waals surface area contributed by atoms with Crippen molar-refractivity contribution in [2.45, 2.75) is 6.92 Å². The number of aryl methyl sites for hydroxylation is 1. The Bertz CT molecular complexity index is 917. The molecule has 7 nitrogen and oxygen atoms in total. The lowest BCUT2D eigenvalue weighted by Crippen LogP contribution is -2.49. The fraction of sp³-hybridized carbons (Fsp3) is 0.350. The Morgan fingerprint density at radius 3 is 2.67 bits per heavy atom. The van der Waals surface area contributed by atoms with Crippen LogP contribution in [0.25, 0.3) is 5.65 Å². The number of carbonyl (C=O) groups is 1. The van der Waals surface area contributed by atoms with E-state index < -0.39 is 0 Å². The van der Waals surface area contributed by atoms with Crippen LogP contribution < -0.4 is 4.74 Å². The predicted molar refractivity (Wildman–Crippen MR) is 102 cm³/mol. The quantitative estimate of drug-likeness (QED) is 0.691. The SMILES string of the molecule is Cc1nn2cccnc2c1C(=O)N1CCN(CCOc2ccccc2)CC1. The van der Waals surface area contributed by atoms with Crippen molar-refractivity contribution in [2.75, 3.05) is 39.3 Å². The summed E-state index contributed by atoms with van der Waals surface area (Å²) in [6, 6.07) is 11.6. The van der Waals surface area contributed by atoms with Gasteiger partial charge < -0.3 is 9.64 Å². The number of benzene rings is 1. The molecule has 2 aromatic heterocycles. The maximum Gasteiger partial charge on any atom is 0.259 e. The molecule has 1 fully saturated rings. The normalized spacial score (nSPS) is 15.2. The van der Waals surface area contributed by atoms with E-state index in [4.69, 9.17) is 4.74 Å². The van der Waals surface area contributed by atoms with Crippen LogP contribution in [0.2, 0.25) is 0 Å². The van der Waals surface area contributed by atoms with Gasteiger partial charge in [0.25, 0.3) is 5.91 Å². The molecule has 140 valence electrons. The Kier molecular flexibility index (Phi) is 5.02. The third kappa shape index (κ3) is 3.78. The van der Waals surface area contributed by atoms with Crippen LogP contribution in [0.3, 0.4) is 0 Å². The monoisotopic (exact) mass is 365 g/mol. The van der Waals surface area contributed by atoms with E-state index in [1.54, 1.807) is 10.7 Å². The smallest absolute Gasteiger partial charge is 0.259 e. The largest absolute Gasteiger partial charge is 0.492 e. The molecule has 1 amide bonds. The first-order valence-electron chi connectivity index (χ1n) is 9.22. The van der Waals surface area contributed by atoms with Crippen LogP contribution in [0.15, 0.2) is 48.8 Å². The lowest BCUT2D eigenvalue weighted by atomic mass is 10.2. The number of nitrogens with zero attached hydrogens (tertiary/aromatic N) is 5. The molecule has 0 spiro atoms. The topological polar surface area (TPSA) is 63.0 Å². The van der Waals surface area contributed by atoms with E-state index in [1.807, 2.05) is 54.4 Å². The summed E-state index contributed by atoms with van der Waals surface area (Å²) in [5.41, 5.74) is 1.95. The van der Waals surface area contributed by atoms with Gasteiger partial charge in [-0.05, 0) is 25.1 Å². The van der Waals surface area contributed by atoms with Gasteiger partial charge in [-0.3, -0.25) is 9.69 Å². The van der Waals surface area contributed by atoms with Crippen molar-refractivity contribution in [3.05, 3.63) is 60.0 Å². The number of piperazine rings is 1. The molecule has 0 radical (unpaired) electrons. The summed E-state index contributed by atoms with van der Waals surface area (Å²) in [6.45, 7) is 6.45. The van der Waals surface area contributed by atoms with Gasteiger partial charge in [0.1, 0.15) is 17.9 Å². The fourth-order valence-corrected chi connectivity index (χ4v) is 3.39. The van der Waals surface area contributed by atoms with E-state index >= 15 is 0 Å². The summed E-state index contributed by atoms with van der Waals surface area (Å²) in [6.07, 6.45) is 3.51. The number of ether oxygens (including phenoxy) is 1. The van der Waals surface area contributed by atoms with Crippen molar-refractivity contribution in [1.82, 2.24) is 24.4 Å². The third-order valence-electron chi connectivity index (χ3n) is 4.86. The Morgan fingerprint density at radius 2 is 1.89 bits per heavy atom. The van der Waals surface area contributed by atoms with E-state index in [9.17, 15) is 4.79 Å². The van der Waals surface area contributed by atoms with Gasteiger partial charge in [0.2, 0.25) is 0 Å². The van der Waals surface area contributed by atoms with E-state index in [0.717, 1.165) is 31.1 Å². The van der Waals surface area contributed by atoms with Gasteiger partial charge in [-0.25, -0.2) is 9.50 Å². The Labute approximate surface area is 158 Å². The summed E-state index contributed by atoms with van der Waals surface area (Å²) < 4.78 is 7.43. The minimum Gasteiger partial charge on any atom is -0.492 e. The molecule has 3 aromatic rings. The highest BCUT2D eigenvalue weighted by molar-refractivity contribution is 6.01. The summed E-state index contributed by atoms with van der Waals surface area (Å²) >= 11 is 0. The van der Waals surface area contributed by atoms with E-state index in [2.05, 4.69) is 15.0 Å². The molecule has 7 heteroatoms. The first-order chi connectivity index (χ1) is 13.2. The van der Waals surface area contributed by atoms with Crippen molar-refractivity contribution in [2.24, 2.45) is 0 Å². The zero-order valence-electron chi connectivity index (χ0n) is 15.4. The van der Waals surface area contributed by atoms with Crippen LogP contribution in [0.4, 0.5) is 0 Å². The summed E-state index contributed by atoms with van der Waals surface area (Å²) in [5, 5.41) is 4.39. The number of hydrogen-bond acceptors (Lipinski definition) is 5. The molecule has 27 heavy (non-hydrogen) atoms. The van der Waals surface area contributed by atoms with Crippen molar-refractivity contribution in [3.63, 3.8) is 0 Å². The highest BCUT2D eigenvalue weighted by atomic mass is 16.5. The Morgan fingerprint density at radius 1 is 1.11 bits per heavy atom. The number of carbonyl (C=O) groups excluding carboxylic acids is 1. The molecule has 4 rings (SSSR count). The molecular formula is C20H23N5O2. The molecule has 0 aliphatic carbocycles. The lowest BCUT2D eigenvalue weighted by Gasteiger charge is -2.34. The van der Waals surface area contributed by atoms with Crippen LogP contribution in [-0.2, 0) is 0 Å². The molecule has 3 heterocycles. The van der Waals surface area contributed by atoms with Gasteiger partial charge in [0.05, 0.1) is 5.69 Å². The second-order valence-corrected chi connectivity index (χ2v) is 6.64. The van der Waals surface area contributed by atoms with Crippen LogP contribution in [-0.4, -0.2) is 69.6 Å². The number of para-hydroxylation sites is 1. The fourth-order valence-electron chi connectivity index (χ4n) is 3.39. The van der Waals surface area contributed by atoms with Crippen molar-refractivity contribution >= 4 is 11.6 Å². The van der Waals surface area contributed by atoms with Crippen molar-refractivity contribution in [1.29, 1.82) is 0 Å². The zero-order valence-corrected chi connectivity index (χ0v) is 15.4. The number of amides is 1. The molecule has 0 saturated carbocycles. The minimum atomic E-state index is 0.0152. The molecule has 1 aliphatic rings. The molecule has 0 atom stereocenters. The first kappa shape index (κ1) is 17.5. The zero-order chi connectivity index (χ0) is 18.6. The third-order valence-corrected chi connectivity index (χ3v) is 4.86. The standard InChI is InChI=1S/C20H23N5O2/c1-16-18(19-21-8-5-9-25(19)22-16)20(26)24-12-10-23(11-13-24)14-15-27-17-6-3-2-4-7-17/h2-9H,10-15H2,1H3. The average molecular weight is 365 g/mol. The summed E-state index contributed by atoms with van der Waals surface area (Å²) in [5.74, 6) is 0.906. The maximum atomic E-state index is 13.0. The van der Waals surface area contributed by atoms with Gasteiger partial charge in [-0.15, -0.1) is 0 Å². The van der Waals surface area contributed by atoms with E-state index in [0.29, 0.717) is 30.9 Å². The van der Waals surface area contributed by atoms with E-state index in [-0.39, 0.29) is 5.91 Å². The van der Waals surface area contributed by atoms with Gasteiger partial charge >= 0.3 is 0 Å². The molecule has 1 aromatic carbocycles. The van der Waals surface area contributed by atoms with Crippen LogP contribution >= 0.6 is 0 Å². The first-order valence-corrected chi connectivity index (χ1v) is 9.22. The van der Waals surface area contributed by atoms with Gasteiger partial charge in [0.15, 0.2) is 5.65 Å². The lowest BCUT2D eigenvalue weighted by molar-refractivity contribution is 0.0621. The van der Waals surface area contributed by atoms with Gasteiger partial charge in [-0.2, -0.15) is 5.10 Å². The van der Waals surface area contributed by atoms with Crippen LogP contribution in [0.1, 0.15) is 16.1 Å². The second kappa shape index (κ2) is 7.75. The maximum absolute atomic E-state index is 13.0. The highest BCUT2D eigenvalue weighted by Gasteiger charge is 2.26. The van der Waals surface area contributed by atoms with Crippen molar-refractivity contribution < 1.29 is 9.53 Å². The number of aromatic nitrogens is 3. The molecule has 0 unspecified atom stereocenters. The van der Waals surface area contributed by atoms with Crippen molar-refractivity contribution in [3.8, 4) is 5.75 Å². The van der Waals surface area contributed by atoms with Gasteiger partial charge in [0, 0.05) is 45.1 Å². The van der Waals surface area contributed by atoms with Crippen LogP contribution in [0, 0.1) is 6.92 Å². The average Bonchev–Trinajstić information content (AvgIpc) is 3.04. The van der Waals surface area contributed by atoms with Crippen LogP contribution in [0.5, 0.6) is 5.75 Å². The summed E-state index contributed by atoms with van der Waals surface area (Å²) in [7, 11) is 0. The second-order valence-electron chi connectivity index (χ2n) is 6.64. The van der Waals surface area contributed by atoms with E-state index in [1.165, 1.54) is 0 Å². The molecule has 1 aliphatic heterocycles. The van der Waals surface area contributed by atoms with Gasteiger partial charge in [-0.1, -0.05) is 18.2 Å². The Hall–Kier alpha value is -2.93.